The first kappa shape index (κ1) is 13.0. The number of fused-ring (bicyclic) bond motifs is 1. The van der Waals surface area contributed by atoms with E-state index in [4.69, 9.17) is 9.47 Å². The first-order valence-electron chi connectivity index (χ1n) is 6.98. The van der Waals surface area contributed by atoms with E-state index in [0.29, 0.717) is 17.1 Å². The molecular formula is C15H18N2O3. The average Bonchev–Trinajstić information content (AvgIpc) is 2.93. The number of nitrogens with one attached hydrogen (secondary N) is 1. The number of nitrogens with zero attached hydrogens (tertiary/aromatic N) is 1. The van der Waals surface area contributed by atoms with Crippen molar-refractivity contribution in [2.45, 2.75) is 32.6 Å². The molecule has 1 N–H and O–H groups in total. The highest BCUT2D eigenvalue weighted by molar-refractivity contribution is 5.96. The number of hydrogen-bond donors (Lipinski definition) is 1. The molecule has 0 spiro atoms. The first-order valence-corrected chi connectivity index (χ1v) is 6.98. The molecule has 0 atom stereocenters. The second-order valence-corrected chi connectivity index (χ2v) is 5.37. The van der Waals surface area contributed by atoms with Crippen LogP contribution in [0.15, 0.2) is 23.3 Å². The second-order valence-electron chi connectivity index (χ2n) is 5.37. The van der Waals surface area contributed by atoms with E-state index in [2.05, 4.69) is 17.5 Å². The Labute approximate surface area is 118 Å². The van der Waals surface area contributed by atoms with Crippen molar-refractivity contribution in [1.29, 1.82) is 0 Å². The van der Waals surface area contributed by atoms with Gasteiger partial charge in [-0.05, 0) is 49.8 Å². The zero-order valence-electron chi connectivity index (χ0n) is 11.5. The maximum Gasteiger partial charge on any atom is 0.271 e. The molecule has 5 nitrogen and oxygen atoms in total. The van der Waals surface area contributed by atoms with Gasteiger partial charge in [0.05, 0.1) is 0 Å². The van der Waals surface area contributed by atoms with Gasteiger partial charge < -0.3 is 9.47 Å². The van der Waals surface area contributed by atoms with Gasteiger partial charge in [0, 0.05) is 11.3 Å². The number of amides is 1. The number of ether oxygens (including phenoxy) is 2. The van der Waals surface area contributed by atoms with E-state index >= 15 is 0 Å². The molecular weight excluding hydrogens is 256 g/mol. The molecule has 1 fully saturated rings. The van der Waals surface area contributed by atoms with E-state index < -0.39 is 0 Å². The van der Waals surface area contributed by atoms with E-state index in [0.717, 1.165) is 37.3 Å². The summed E-state index contributed by atoms with van der Waals surface area (Å²) in [7, 11) is 0. The fourth-order valence-corrected chi connectivity index (χ4v) is 2.44. The van der Waals surface area contributed by atoms with E-state index in [1.54, 1.807) is 18.2 Å². The number of rotatable bonds is 2. The molecule has 5 heteroatoms. The molecule has 1 aromatic rings. The van der Waals surface area contributed by atoms with Crippen LogP contribution in [-0.2, 0) is 0 Å². The van der Waals surface area contributed by atoms with Crippen molar-refractivity contribution in [3.8, 4) is 11.5 Å². The van der Waals surface area contributed by atoms with Crippen molar-refractivity contribution in [3.05, 3.63) is 23.8 Å². The molecule has 106 valence electrons. The molecule has 0 radical (unpaired) electrons. The van der Waals surface area contributed by atoms with Crippen LogP contribution in [0.1, 0.15) is 43.0 Å². The maximum atomic E-state index is 12.0. The van der Waals surface area contributed by atoms with Gasteiger partial charge >= 0.3 is 0 Å². The summed E-state index contributed by atoms with van der Waals surface area (Å²) in [5, 5.41) is 4.23. The predicted octanol–water partition coefficient (Wildman–Crippen LogP) is 2.71. The Morgan fingerprint density at radius 2 is 2.00 bits per heavy atom. The van der Waals surface area contributed by atoms with Crippen molar-refractivity contribution in [2.75, 3.05) is 6.79 Å². The van der Waals surface area contributed by atoms with Gasteiger partial charge in [0.15, 0.2) is 11.5 Å². The monoisotopic (exact) mass is 274 g/mol. The number of benzene rings is 1. The van der Waals surface area contributed by atoms with E-state index in [1.165, 1.54) is 0 Å². The van der Waals surface area contributed by atoms with Crippen molar-refractivity contribution in [2.24, 2.45) is 11.0 Å². The lowest BCUT2D eigenvalue weighted by atomic mass is 9.90. The summed E-state index contributed by atoms with van der Waals surface area (Å²) < 4.78 is 10.5. The maximum absolute atomic E-state index is 12.0. The molecule has 0 saturated heterocycles. The minimum atomic E-state index is -0.213. The molecule has 0 bridgehead atoms. The van der Waals surface area contributed by atoms with Gasteiger partial charge in [0.25, 0.3) is 5.91 Å². The molecule has 1 heterocycles. The highest BCUT2D eigenvalue weighted by atomic mass is 16.7. The number of hydrogen-bond acceptors (Lipinski definition) is 4. The molecule has 1 aliphatic heterocycles. The standard InChI is InChI=1S/C15H18N2O3/c1-10-2-5-12(6-3-10)16-17-15(18)11-4-7-13-14(8-11)20-9-19-13/h4,7-8,10H,2-3,5-6,9H2,1H3,(H,17,18). The smallest absolute Gasteiger partial charge is 0.271 e. The van der Waals surface area contributed by atoms with Crippen LogP contribution in [0, 0.1) is 5.92 Å². The van der Waals surface area contributed by atoms with Crippen molar-refractivity contribution in [3.63, 3.8) is 0 Å². The second kappa shape index (κ2) is 5.53. The number of carbonyl (C=O) groups is 1. The minimum absolute atomic E-state index is 0.209. The van der Waals surface area contributed by atoms with Gasteiger partial charge in [-0.2, -0.15) is 5.10 Å². The zero-order valence-corrected chi connectivity index (χ0v) is 11.5. The highest BCUT2D eigenvalue weighted by Gasteiger charge is 2.17. The summed E-state index contributed by atoms with van der Waals surface area (Å²) in [5.41, 5.74) is 4.24. The molecule has 1 saturated carbocycles. The molecule has 1 aliphatic carbocycles. The van der Waals surface area contributed by atoms with E-state index in [1.807, 2.05) is 0 Å². The number of carbonyl (C=O) groups excluding carboxylic acids is 1. The summed E-state index contributed by atoms with van der Waals surface area (Å²) in [5.74, 6) is 1.83. The first-order chi connectivity index (χ1) is 9.72. The van der Waals surface area contributed by atoms with Gasteiger partial charge in [-0.3, -0.25) is 4.79 Å². The van der Waals surface area contributed by atoms with Gasteiger partial charge in [-0.25, -0.2) is 5.43 Å². The fraction of sp³-hybridized carbons (Fsp3) is 0.467. The minimum Gasteiger partial charge on any atom is -0.454 e. The third kappa shape index (κ3) is 2.76. The van der Waals surface area contributed by atoms with Gasteiger partial charge in [-0.1, -0.05) is 6.92 Å². The van der Waals surface area contributed by atoms with Crippen LogP contribution in [-0.4, -0.2) is 18.4 Å². The largest absolute Gasteiger partial charge is 0.454 e. The zero-order chi connectivity index (χ0) is 13.9. The lowest BCUT2D eigenvalue weighted by Gasteiger charge is -2.18. The van der Waals surface area contributed by atoms with Crippen LogP contribution < -0.4 is 14.9 Å². The van der Waals surface area contributed by atoms with Crippen LogP contribution in [0.3, 0.4) is 0 Å². The summed E-state index contributed by atoms with van der Waals surface area (Å²) in [6.45, 7) is 2.46. The van der Waals surface area contributed by atoms with Gasteiger partial charge in [0.1, 0.15) is 0 Å². The van der Waals surface area contributed by atoms with Gasteiger partial charge in [-0.15, -0.1) is 0 Å². The van der Waals surface area contributed by atoms with Crippen LogP contribution in [0.25, 0.3) is 0 Å². The molecule has 3 rings (SSSR count). The third-order valence-corrected chi connectivity index (χ3v) is 3.80. The quantitative estimate of drug-likeness (QED) is 0.843. The van der Waals surface area contributed by atoms with Crippen LogP contribution >= 0.6 is 0 Å². The third-order valence-electron chi connectivity index (χ3n) is 3.80. The molecule has 20 heavy (non-hydrogen) atoms. The molecule has 2 aliphatic rings. The van der Waals surface area contributed by atoms with Crippen molar-refractivity contribution >= 4 is 11.6 Å². The van der Waals surface area contributed by atoms with Crippen molar-refractivity contribution < 1.29 is 14.3 Å². The SMILES string of the molecule is CC1CCC(=NNC(=O)c2ccc3c(c2)OCO3)CC1. The summed E-state index contributed by atoms with van der Waals surface area (Å²) in [4.78, 5) is 12.0. The highest BCUT2D eigenvalue weighted by Crippen LogP contribution is 2.32. The Hall–Kier alpha value is -2.04. The number of hydrazone groups is 1. The van der Waals surface area contributed by atoms with Crippen LogP contribution in [0.5, 0.6) is 11.5 Å². The molecule has 0 unspecified atom stereocenters. The lowest BCUT2D eigenvalue weighted by Crippen LogP contribution is -2.21. The van der Waals surface area contributed by atoms with E-state index in [9.17, 15) is 4.79 Å². The Morgan fingerprint density at radius 3 is 2.80 bits per heavy atom. The van der Waals surface area contributed by atoms with Crippen molar-refractivity contribution in [1.82, 2.24) is 5.43 Å². The van der Waals surface area contributed by atoms with Crippen LogP contribution in [0.4, 0.5) is 0 Å². The molecule has 1 aromatic carbocycles. The Morgan fingerprint density at radius 1 is 1.25 bits per heavy atom. The molecule has 0 aromatic heterocycles. The summed E-state index contributed by atoms with van der Waals surface area (Å²) >= 11 is 0. The molecule has 1 amide bonds. The van der Waals surface area contributed by atoms with Gasteiger partial charge in [0.2, 0.25) is 6.79 Å². The topological polar surface area (TPSA) is 59.9 Å². The predicted molar refractivity (Wildman–Crippen MR) is 75.1 cm³/mol. The Balaban J connectivity index is 1.63. The Kier molecular flexibility index (Phi) is 3.58. The summed E-state index contributed by atoms with van der Waals surface area (Å²) in [6, 6.07) is 5.14. The van der Waals surface area contributed by atoms with Crippen LogP contribution in [0.2, 0.25) is 0 Å². The Bertz CT molecular complexity index is 544. The average molecular weight is 274 g/mol. The summed E-state index contributed by atoms with van der Waals surface area (Å²) in [6.07, 6.45) is 4.25. The normalized spacial score (nSPS) is 20.6. The lowest BCUT2D eigenvalue weighted by molar-refractivity contribution is 0.0954. The van der Waals surface area contributed by atoms with E-state index in [-0.39, 0.29) is 12.7 Å². The fourth-order valence-electron chi connectivity index (χ4n) is 2.44.